The molecule has 29 heavy (non-hydrogen) atoms. The van der Waals surface area contributed by atoms with Gasteiger partial charge in [0.15, 0.2) is 11.5 Å². The zero-order chi connectivity index (χ0) is 20.8. The molecule has 0 unspecified atom stereocenters. The summed E-state index contributed by atoms with van der Waals surface area (Å²) in [7, 11) is 3.08. The summed E-state index contributed by atoms with van der Waals surface area (Å²) in [6.07, 6.45) is 0.420. The van der Waals surface area contributed by atoms with Gasteiger partial charge < -0.3 is 24.2 Å². The molecule has 1 heterocycles. The highest BCUT2D eigenvalue weighted by Crippen LogP contribution is 2.39. The van der Waals surface area contributed by atoms with E-state index in [0.29, 0.717) is 31.1 Å². The molecule has 0 fully saturated rings. The van der Waals surface area contributed by atoms with Crippen molar-refractivity contribution in [2.24, 2.45) is 0 Å². The van der Waals surface area contributed by atoms with Gasteiger partial charge in [-0.2, -0.15) is 0 Å². The molecule has 154 valence electrons. The van der Waals surface area contributed by atoms with Crippen LogP contribution < -0.4 is 9.47 Å². The number of benzene rings is 2. The number of rotatable bonds is 8. The number of carboxylic acid groups (broad SMARTS) is 1. The van der Waals surface area contributed by atoms with E-state index in [4.69, 9.17) is 14.2 Å². The van der Waals surface area contributed by atoms with E-state index in [2.05, 4.69) is 0 Å². The van der Waals surface area contributed by atoms with Crippen molar-refractivity contribution < 1.29 is 28.9 Å². The van der Waals surface area contributed by atoms with Crippen molar-refractivity contribution in [2.45, 2.75) is 25.5 Å². The highest BCUT2D eigenvalue weighted by atomic mass is 16.5. The largest absolute Gasteiger partial charge is 0.493 e. The third-order valence-corrected chi connectivity index (χ3v) is 5.03. The molecule has 1 aliphatic heterocycles. The zero-order valence-electron chi connectivity index (χ0n) is 16.6. The van der Waals surface area contributed by atoms with Gasteiger partial charge in [0.1, 0.15) is 6.61 Å². The minimum absolute atomic E-state index is 0.104. The van der Waals surface area contributed by atoms with Gasteiger partial charge in [0.05, 0.1) is 33.3 Å². The van der Waals surface area contributed by atoms with E-state index >= 15 is 0 Å². The Morgan fingerprint density at radius 1 is 1.10 bits per heavy atom. The van der Waals surface area contributed by atoms with Crippen LogP contribution in [0.3, 0.4) is 0 Å². The predicted octanol–water partition coefficient (Wildman–Crippen LogP) is 2.82. The van der Waals surface area contributed by atoms with Crippen LogP contribution in [0.15, 0.2) is 42.5 Å². The molecular weight excluding hydrogens is 374 g/mol. The van der Waals surface area contributed by atoms with E-state index in [9.17, 15) is 14.7 Å². The summed E-state index contributed by atoms with van der Waals surface area (Å²) in [5.74, 6) is -0.101. The van der Waals surface area contributed by atoms with Crippen molar-refractivity contribution in [1.29, 1.82) is 0 Å². The van der Waals surface area contributed by atoms with Gasteiger partial charge in [-0.15, -0.1) is 0 Å². The lowest BCUT2D eigenvalue weighted by Crippen LogP contribution is -2.42. The first-order chi connectivity index (χ1) is 14.0. The second-order valence-electron chi connectivity index (χ2n) is 6.84. The molecule has 1 atom stereocenters. The number of methoxy groups -OCH3 is 2. The second-order valence-corrected chi connectivity index (χ2v) is 6.84. The number of amides is 1. The van der Waals surface area contributed by atoms with Gasteiger partial charge in [-0.1, -0.05) is 30.3 Å². The van der Waals surface area contributed by atoms with Crippen molar-refractivity contribution in [1.82, 2.24) is 4.90 Å². The maximum absolute atomic E-state index is 12.8. The fourth-order valence-corrected chi connectivity index (χ4v) is 3.63. The van der Waals surface area contributed by atoms with E-state index in [1.165, 1.54) is 7.11 Å². The third-order valence-electron chi connectivity index (χ3n) is 5.03. The van der Waals surface area contributed by atoms with Crippen molar-refractivity contribution in [3.8, 4) is 11.5 Å². The predicted molar refractivity (Wildman–Crippen MR) is 106 cm³/mol. The zero-order valence-corrected chi connectivity index (χ0v) is 16.6. The molecule has 3 rings (SSSR count). The second kappa shape index (κ2) is 9.43. The monoisotopic (exact) mass is 399 g/mol. The Kier molecular flexibility index (Phi) is 6.72. The average Bonchev–Trinajstić information content (AvgIpc) is 2.73. The van der Waals surface area contributed by atoms with E-state index in [0.717, 1.165) is 16.7 Å². The van der Waals surface area contributed by atoms with Crippen LogP contribution in [0.4, 0.5) is 0 Å². The Balaban J connectivity index is 1.78. The molecule has 0 spiro atoms. The molecule has 7 heteroatoms. The lowest BCUT2D eigenvalue weighted by atomic mass is 9.90. The molecule has 0 radical (unpaired) electrons. The standard InChI is InChI=1S/C22H25NO6/c1-27-19-10-16-8-9-23(18(12-22(25)26)17(16)11-20(19)28-2)21(24)14-29-13-15-6-4-3-5-7-15/h3-7,10-11,18H,8-9,12-14H2,1-2H3,(H,25,26)/t18-/m1/s1. The van der Waals surface area contributed by atoms with Crippen LogP contribution in [0.1, 0.15) is 29.2 Å². The summed E-state index contributed by atoms with van der Waals surface area (Å²) >= 11 is 0. The van der Waals surface area contributed by atoms with Crippen LogP contribution in [-0.2, 0) is 27.4 Å². The maximum Gasteiger partial charge on any atom is 0.305 e. The van der Waals surface area contributed by atoms with Crippen molar-refractivity contribution in [2.75, 3.05) is 27.4 Å². The van der Waals surface area contributed by atoms with Gasteiger partial charge in [0.25, 0.3) is 0 Å². The molecule has 0 bridgehead atoms. The molecule has 0 saturated carbocycles. The molecule has 0 aromatic heterocycles. The van der Waals surface area contributed by atoms with E-state index in [-0.39, 0.29) is 18.9 Å². The van der Waals surface area contributed by atoms with Gasteiger partial charge in [0, 0.05) is 6.54 Å². The normalized spacial score (nSPS) is 15.5. The van der Waals surface area contributed by atoms with Gasteiger partial charge in [-0.05, 0) is 35.2 Å². The molecule has 0 saturated heterocycles. The van der Waals surface area contributed by atoms with Crippen molar-refractivity contribution >= 4 is 11.9 Å². The van der Waals surface area contributed by atoms with Crippen molar-refractivity contribution in [3.05, 3.63) is 59.2 Å². The molecule has 1 aliphatic rings. The Labute approximate surface area is 169 Å². The summed E-state index contributed by atoms with van der Waals surface area (Å²) < 4.78 is 16.3. The SMILES string of the molecule is COc1cc2c(cc1OC)[C@@H](CC(=O)O)N(C(=O)COCc1ccccc1)CC2. The number of hydrogen-bond donors (Lipinski definition) is 1. The summed E-state index contributed by atoms with van der Waals surface area (Å²) in [6.45, 7) is 0.646. The highest BCUT2D eigenvalue weighted by molar-refractivity contribution is 5.79. The van der Waals surface area contributed by atoms with Crippen LogP contribution >= 0.6 is 0 Å². The fourth-order valence-electron chi connectivity index (χ4n) is 3.63. The number of carbonyl (C=O) groups is 2. The first kappa shape index (κ1) is 20.7. The Hall–Kier alpha value is -3.06. The molecule has 2 aromatic rings. The topological polar surface area (TPSA) is 85.3 Å². The molecule has 2 aromatic carbocycles. The van der Waals surface area contributed by atoms with Gasteiger partial charge in [0.2, 0.25) is 5.91 Å². The molecule has 0 aliphatic carbocycles. The number of nitrogens with zero attached hydrogens (tertiary/aromatic N) is 1. The van der Waals surface area contributed by atoms with Crippen LogP contribution in [0.5, 0.6) is 11.5 Å². The Morgan fingerprint density at radius 3 is 2.45 bits per heavy atom. The Morgan fingerprint density at radius 2 is 1.79 bits per heavy atom. The average molecular weight is 399 g/mol. The number of carbonyl (C=O) groups excluding carboxylic acids is 1. The smallest absolute Gasteiger partial charge is 0.305 e. The molecule has 1 amide bonds. The Bertz CT molecular complexity index is 867. The number of fused-ring (bicyclic) bond motifs is 1. The van der Waals surface area contributed by atoms with Crippen molar-refractivity contribution in [3.63, 3.8) is 0 Å². The van der Waals surface area contributed by atoms with E-state index in [1.807, 2.05) is 36.4 Å². The minimum atomic E-state index is -0.972. The molecule has 7 nitrogen and oxygen atoms in total. The van der Waals surface area contributed by atoms with Gasteiger partial charge in [-0.3, -0.25) is 9.59 Å². The number of carboxylic acids is 1. The maximum atomic E-state index is 12.8. The first-order valence-corrected chi connectivity index (χ1v) is 9.41. The third kappa shape index (κ3) is 4.86. The van der Waals surface area contributed by atoms with Crippen LogP contribution in [-0.4, -0.2) is 49.3 Å². The summed E-state index contributed by atoms with van der Waals surface area (Å²) in [5, 5.41) is 9.42. The highest BCUT2D eigenvalue weighted by Gasteiger charge is 2.33. The summed E-state index contributed by atoms with van der Waals surface area (Å²) in [5.41, 5.74) is 2.71. The number of hydrogen-bond acceptors (Lipinski definition) is 5. The fraction of sp³-hybridized carbons (Fsp3) is 0.364. The lowest BCUT2D eigenvalue weighted by Gasteiger charge is -2.37. The lowest BCUT2D eigenvalue weighted by molar-refractivity contribution is -0.144. The van der Waals surface area contributed by atoms with Gasteiger partial charge >= 0.3 is 5.97 Å². The van der Waals surface area contributed by atoms with Crippen LogP contribution in [0.25, 0.3) is 0 Å². The minimum Gasteiger partial charge on any atom is -0.493 e. The van der Waals surface area contributed by atoms with E-state index < -0.39 is 12.0 Å². The first-order valence-electron chi connectivity index (χ1n) is 9.41. The van der Waals surface area contributed by atoms with Crippen LogP contribution in [0.2, 0.25) is 0 Å². The van der Waals surface area contributed by atoms with Gasteiger partial charge in [-0.25, -0.2) is 0 Å². The summed E-state index contributed by atoms with van der Waals surface area (Å²) in [4.78, 5) is 25.9. The molecule has 1 N–H and O–H groups in total. The number of ether oxygens (including phenoxy) is 3. The quantitative estimate of drug-likeness (QED) is 0.735. The van der Waals surface area contributed by atoms with Crippen LogP contribution in [0, 0.1) is 0 Å². The summed E-state index contributed by atoms with van der Waals surface area (Å²) in [6, 6.07) is 12.6. The number of aliphatic carboxylic acids is 1. The molecular formula is C22H25NO6. The van der Waals surface area contributed by atoms with E-state index in [1.54, 1.807) is 18.1 Å².